The molecule has 0 saturated carbocycles. The average molecular weight is 289 g/mol. The number of nitro groups is 1. The Balaban J connectivity index is 2.48. The van der Waals surface area contributed by atoms with E-state index in [4.69, 9.17) is 5.11 Å². The molecular weight excluding hydrogens is 274 g/mol. The molecule has 2 rings (SSSR count). The number of rotatable bonds is 5. The molecule has 0 saturated heterocycles. The van der Waals surface area contributed by atoms with Crippen LogP contribution in [0.3, 0.4) is 0 Å². The number of nitro benzene ring substituents is 1. The fourth-order valence-electron chi connectivity index (χ4n) is 2.04. The van der Waals surface area contributed by atoms with E-state index in [0.717, 1.165) is 0 Å². The van der Waals surface area contributed by atoms with Gasteiger partial charge < -0.3 is 10.4 Å². The molecule has 1 amide bonds. The minimum atomic E-state index is -0.506. The van der Waals surface area contributed by atoms with Crippen molar-refractivity contribution in [3.63, 3.8) is 0 Å². The monoisotopic (exact) mass is 289 g/mol. The number of hydrogen-bond acceptors (Lipinski definition) is 5. The summed E-state index contributed by atoms with van der Waals surface area (Å²) in [5, 5.41) is 23.1. The number of nitrogens with zero attached hydrogens (tertiary/aromatic N) is 2. The van der Waals surface area contributed by atoms with Crippen LogP contribution in [0.1, 0.15) is 23.7 Å². The lowest BCUT2D eigenvalue weighted by Crippen LogP contribution is -2.37. The maximum atomic E-state index is 12.2. The molecule has 1 aromatic carbocycles. The van der Waals surface area contributed by atoms with Crippen LogP contribution in [-0.4, -0.2) is 33.6 Å². The molecule has 1 atom stereocenters. The molecule has 1 aromatic heterocycles. The van der Waals surface area contributed by atoms with Crippen LogP contribution >= 0.6 is 0 Å². The smallest absolute Gasteiger partial charge is 0.278 e. The quantitative estimate of drug-likeness (QED) is 0.643. The van der Waals surface area contributed by atoms with Gasteiger partial charge in [0, 0.05) is 12.3 Å². The number of aliphatic hydroxyl groups excluding tert-OH is 1. The first-order valence-electron chi connectivity index (χ1n) is 6.52. The summed E-state index contributed by atoms with van der Waals surface area (Å²) in [5.74, 6) is -0.408. The van der Waals surface area contributed by atoms with E-state index in [1.807, 2.05) is 6.92 Å². The van der Waals surface area contributed by atoms with Crippen LogP contribution in [0.15, 0.2) is 30.5 Å². The standard InChI is InChI=1S/C14H15N3O4/c1-2-9(8-18)16-14(19)11-5-6-12(17(20)21)10-4-3-7-15-13(10)11/h3-7,9,18H,2,8H2,1H3,(H,16,19)/t9-/m1/s1. The molecule has 21 heavy (non-hydrogen) atoms. The molecule has 2 N–H and O–H groups in total. The van der Waals surface area contributed by atoms with Gasteiger partial charge in [0.1, 0.15) is 0 Å². The number of carbonyl (C=O) groups excluding carboxylic acids is 1. The third-order valence-corrected chi connectivity index (χ3v) is 3.24. The number of aliphatic hydroxyl groups is 1. The number of nitrogens with one attached hydrogen (secondary N) is 1. The molecule has 0 aliphatic rings. The highest BCUT2D eigenvalue weighted by molar-refractivity contribution is 6.07. The van der Waals surface area contributed by atoms with Crippen molar-refractivity contribution in [2.45, 2.75) is 19.4 Å². The van der Waals surface area contributed by atoms with Gasteiger partial charge in [-0.1, -0.05) is 6.92 Å². The predicted octanol–water partition coefficient (Wildman–Crippen LogP) is 1.64. The summed E-state index contributed by atoms with van der Waals surface area (Å²) in [5.41, 5.74) is 0.434. The molecule has 2 aromatic rings. The normalized spacial score (nSPS) is 12.1. The number of non-ortho nitro benzene ring substituents is 1. The topological polar surface area (TPSA) is 105 Å². The number of pyridine rings is 1. The maximum Gasteiger partial charge on any atom is 0.278 e. The molecule has 110 valence electrons. The number of fused-ring (bicyclic) bond motifs is 1. The van der Waals surface area contributed by atoms with Gasteiger partial charge in [-0.3, -0.25) is 19.9 Å². The number of hydrogen-bond donors (Lipinski definition) is 2. The highest BCUT2D eigenvalue weighted by Gasteiger charge is 2.20. The fraction of sp³-hybridized carbons (Fsp3) is 0.286. The Morgan fingerprint density at radius 3 is 2.86 bits per heavy atom. The zero-order valence-electron chi connectivity index (χ0n) is 11.4. The van der Waals surface area contributed by atoms with E-state index in [2.05, 4.69) is 10.3 Å². The van der Waals surface area contributed by atoms with E-state index < -0.39 is 10.8 Å². The largest absolute Gasteiger partial charge is 0.394 e. The molecule has 0 fully saturated rings. The first kappa shape index (κ1) is 14.9. The minimum absolute atomic E-state index is 0.0937. The third-order valence-electron chi connectivity index (χ3n) is 3.24. The van der Waals surface area contributed by atoms with E-state index in [-0.39, 0.29) is 29.4 Å². The summed E-state index contributed by atoms with van der Waals surface area (Å²) in [6.07, 6.45) is 2.06. The second kappa shape index (κ2) is 6.27. The van der Waals surface area contributed by atoms with Crippen LogP contribution in [0.5, 0.6) is 0 Å². The SMILES string of the molecule is CC[C@H](CO)NC(=O)c1ccc([N+](=O)[O-])c2cccnc12. The minimum Gasteiger partial charge on any atom is -0.394 e. The van der Waals surface area contributed by atoms with Crippen molar-refractivity contribution in [1.82, 2.24) is 10.3 Å². The van der Waals surface area contributed by atoms with Crippen molar-refractivity contribution in [2.75, 3.05) is 6.61 Å². The molecule has 7 nitrogen and oxygen atoms in total. The number of amides is 1. The van der Waals surface area contributed by atoms with E-state index in [1.54, 1.807) is 12.1 Å². The Hall–Kier alpha value is -2.54. The van der Waals surface area contributed by atoms with Gasteiger partial charge in [-0.15, -0.1) is 0 Å². The highest BCUT2D eigenvalue weighted by Crippen LogP contribution is 2.26. The van der Waals surface area contributed by atoms with Gasteiger partial charge in [-0.05, 0) is 24.6 Å². The second-order valence-electron chi connectivity index (χ2n) is 4.55. The molecule has 0 spiro atoms. The van der Waals surface area contributed by atoms with Crippen molar-refractivity contribution in [3.8, 4) is 0 Å². The van der Waals surface area contributed by atoms with Crippen LogP contribution < -0.4 is 5.32 Å². The predicted molar refractivity (Wildman–Crippen MR) is 77.0 cm³/mol. The van der Waals surface area contributed by atoms with Gasteiger partial charge in [0.25, 0.3) is 11.6 Å². The maximum absolute atomic E-state index is 12.2. The summed E-state index contributed by atoms with van der Waals surface area (Å²) < 4.78 is 0. The molecule has 0 aliphatic carbocycles. The van der Waals surface area contributed by atoms with E-state index in [1.165, 1.54) is 18.3 Å². The molecule has 7 heteroatoms. The average Bonchev–Trinajstić information content (AvgIpc) is 2.51. The second-order valence-corrected chi connectivity index (χ2v) is 4.55. The first-order chi connectivity index (χ1) is 10.1. The molecule has 1 heterocycles. The fourth-order valence-corrected chi connectivity index (χ4v) is 2.04. The first-order valence-corrected chi connectivity index (χ1v) is 6.52. The zero-order valence-corrected chi connectivity index (χ0v) is 11.4. The van der Waals surface area contributed by atoms with Crippen LogP contribution in [0.2, 0.25) is 0 Å². The lowest BCUT2D eigenvalue weighted by atomic mass is 10.1. The number of benzene rings is 1. The van der Waals surface area contributed by atoms with Crippen LogP contribution in [0.4, 0.5) is 5.69 Å². The summed E-state index contributed by atoms with van der Waals surface area (Å²) in [4.78, 5) is 26.8. The third kappa shape index (κ3) is 2.97. The van der Waals surface area contributed by atoms with Crippen molar-refractivity contribution < 1.29 is 14.8 Å². The van der Waals surface area contributed by atoms with Crippen molar-refractivity contribution in [2.24, 2.45) is 0 Å². The molecule has 0 aliphatic heterocycles. The van der Waals surface area contributed by atoms with Crippen LogP contribution in [0, 0.1) is 10.1 Å². The molecule has 0 unspecified atom stereocenters. The summed E-state index contributed by atoms with van der Waals surface area (Å²) in [6.45, 7) is 1.67. The van der Waals surface area contributed by atoms with E-state index in [9.17, 15) is 14.9 Å². The Labute approximate surface area is 120 Å². The summed E-state index contributed by atoms with van der Waals surface area (Å²) >= 11 is 0. The molecule has 0 bridgehead atoms. The Kier molecular flexibility index (Phi) is 4.44. The molecular formula is C14H15N3O4. The van der Waals surface area contributed by atoms with Gasteiger partial charge in [0.15, 0.2) is 0 Å². The lowest BCUT2D eigenvalue weighted by Gasteiger charge is -2.14. The highest BCUT2D eigenvalue weighted by atomic mass is 16.6. The lowest BCUT2D eigenvalue weighted by molar-refractivity contribution is -0.383. The van der Waals surface area contributed by atoms with E-state index in [0.29, 0.717) is 11.8 Å². The van der Waals surface area contributed by atoms with Gasteiger partial charge in [0.2, 0.25) is 0 Å². The van der Waals surface area contributed by atoms with Crippen molar-refractivity contribution >= 4 is 22.5 Å². The zero-order chi connectivity index (χ0) is 15.4. The number of aromatic nitrogens is 1. The Morgan fingerprint density at radius 2 is 2.24 bits per heavy atom. The van der Waals surface area contributed by atoms with Crippen molar-refractivity contribution in [3.05, 3.63) is 46.1 Å². The van der Waals surface area contributed by atoms with Crippen molar-refractivity contribution in [1.29, 1.82) is 0 Å². The number of carbonyl (C=O) groups is 1. The van der Waals surface area contributed by atoms with Gasteiger partial charge in [-0.2, -0.15) is 0 Å². The van der Waals surface area contributed by atoms with Crippen LogP contribution in [0.25, 0.3) is 10.9 Å². The van der Waals surface area contributed by atoms with E-state index >= 15 is 0 Å². The Bertz CT molecular complexity index is 683. The molecule has 0 radical (unpaired) electrons. The van der Waals surface area contributed by atoms with Gasteiger partial charge in [0.05, 0.1) is 34.0 Å². The summed E-state index contributed by atoms with van der Waals surface area (Å²) in [6, 6.07) is 5.46. The van der Waals surface area contributed by atoms with Gasteiger partial charge in [-0.25, -0.2) is 0 Å². The Morgan fingerprint density at radius 1 is 1.48 bits per heavy atom. The van der Waals surface area contributed by atoms with Crippen LogP contribution in [-0.2, 0) is 0 Å². The van der Waals surface area contributed by atoms with Gasteiger partial charge >= 0.3 is 0 Å². The summed E-state index contributed by atoms with van der Waals surface area (Å²) in [7, 11) is 0.